The summed E-state index contributed by atoms with van der Waals surface area (Å²) in [7, 11) is 0. The first kappa shape index (κ1) is 13.1. The van der Waals surface area contributed by atoms with Crippen molar-refractivity contribution in [1.82, 2.24) is 0 Å². The molecule has 0 spiro atoms. The van der Waals surface area contributed by atoms with E-state index < -0.39 is 0 Å². The fraction of sp³-hybridized carbons (Fsp3) is 1.00. The van der Waals surface area contributed by atoms with Crippen LogP contribution < -0.4 is 0 Å². The van der Waals surface area contributed by atoms with Crippen molar-refractivity contribution in [3.8, 4) is 0 Å². The van der Waals surface area contributed by atoms with Crippen LogP contribution in [0.2, 0.25) is 0 Å². The van der Waals surface area contributed by atoms with Gasteiger partial charge in [0.25, 0.3) is 0 Å². The summed E-state index contributed by atoms with van der Waals surface area (Å²) in [5, 5.41) is 0. The van der Waals surface area contributed by atoms with Crippen LogP contribution in [0, 0.1) is 29.6 Å². The Kier molecular flexibility index (Phi) is 5.15. The molecule has 5 atom stereocenters. The number of hydrogen-bond donors (Lipinski definition) is 0. The monoisotopic (exact) mass is 210 g/mol. The Bertz CT molecular complexity index is 173. The van der Waals surface area contributed by atoms with E-state index in [4.69, 9.17) is 0 Å². The molecular formula is C15H30. The van der Waals surface area contributed by atoms with Crippen LogP contribution in [0.4, 0.5) is 0 Å². The molecule has 1 aliphatic rings. The van der Waals surface area contributed by atoms with E-state index in [9.17, 15) is 0 Å². The zero-order valence-corrected chi connectivity index (χ0v) is 11.4. The molecule has 1 fully saturated rings. The van der Waals surface area contributed by atoms with Gasteiger partial charge in [-0.3, -0.25) is 0 Å². The Morgan fingerprint density at radius 3 is 2.33 bits per heavy atom. The minimum absolute atomic E-state index is 0.939. The highest BCUT2D eigenvalue weighted by molar-refractivity contribution is 4.88. The van der Waals surface area contributed by atoms with Crippen molar-refractivity contribution >= 4 is 0 Å². The van der Waals surface area contributed by atoms with E-state index in [1.165, 1.54) is 32.1 Å². The van der Waals surface area contributed by atoms with Crippen LogP contribution in [0.1, 0.15) is 66.7 Å². The van der Waals surface area contributed by atoms with Crippen LogP contribution in [-0.4, -0.2) is 0 Å². The summed E-state index contributed by atoms with van der Waals surface area (Å²) in [4.78, 5) is 0. The third-order valence-electron chi connectivity index (χ3n) is 5.13. The maximum absolute atomic E-state index is 2.49. The molecule has 0 heteroatoms. The summed E-state index contributed by atoms with van der Waals surface area (Å²) in [5.74, 6) is 4.90. The van der Waals surface area contributed by atoms with Gasteiger partial charge in [0.15, 0.2) is 0 Å². The number of hydrogen-bond acceptors (Lipinski definition) is 0. The first-order valence-electron chi connectivity index (χ1n) is 7.11. The molecule has 0 aromatic rings. The van der Waals surface area contributed by atoms with E-state index in [-0.39, 0.29) is 0 Å². The SMILES string of the molecule is CCCCC1CC(C(C)CC)C(C)C1C. The topological polar surface area (TPSA) is 0 Å². The van der Waals surface area contributed by atoms with E-state index in [1.807, 2.05) is 0 Å². The molecule has 0 aliphatic heterocycles. The minimum atomic E-state index is 0.939. The average molecular weight is 210 g/mol. The van der Waals surface area contributed by atoms with Crippen LogP contribution in [0.5, 0.6) is 0 Å². The summed E-state index contributed by atoms with van der Waals surface area (Å²) in [6.45, 7) is 12.1. The number of rotatable bonds is 5. The lowest BCUT2D eigenvalue weighted by Gasteiger charge is -2.23. The fourth-order valence-corrected chi connectivity index (χ4v) is 3.50. The summed E-state index contributed by atoms with van der Waals surface area (Å²) >= 11 is 0. The first-order chi connectivity index (χ1) is 7.11. The van der Waals surface area contributed by atoms with Crippen molar-refractivity contribution in [3.63, 3.8) is 0 Å². The molecule has 0 saturated heterocycles. The van der Waals surface area contributed by atoms with E-state index in [2.05, 4.69) is 34.6 Å². The summed E-state index contributed by atoms with van der Waals surface area (Å²) in [6, 6.07) is 0. The largest absolute Gasteiger partial charge is 0.0654 e. The molecule has 1 aliphatic carbocycles. The molecule has 0 bridgehead atoms. The van der Waals surface area contributed by atoms with Gasteiger partial charge in [0.2, 0.25) is 0 Å². The van der Waals surface area contributed by atoms with Gasteiger partial charge in [0, 0.05) is 0 Å². The van der Waals surface area contributed by atoms with Crippen LogP contribution in [0.15, 0.2) is 0 Å². The van der Waals surface area contributed by atoms with Crippen LogP contribution >= 0.6 is 0 Å². The zero-order valence-electron chi connectivity index (χ0n) is 11.4. The van der Waals surface area contributed by atoms with Crippen LogP contribution in [0.25, 0.3) is 0 Å². The lowest BCUT2D eigenvalue weighted by atomic mass is 9.82. The van der Waals surface area contributed by atoms with E-state index >= 15 is 0 Å². The van der Waals surface area contributed by atoms with Crippen LogP contribution in [-0.2, 0) is 0 Å². The summed E-state index contributed by atoms with van der Waals surface area (Å²) in [6.07, 6.45) is 7.16. The smallest absolute Gasteiger partial charge is 0.0357 e. The Hall–Kier alpha value is 0. The highest BCUT2D eigenvalue weighted by Crippen LogP contribution is 2.47. The fourth-order valence-electron chi connectivity index (χ4n) is 3.50. The third kappa shape index (κ3) is 2.98. The van der Waals surface area contributed by atoms with Gasteiger partial charge < -0.3 is 0 Å². The molecule has 0 aromatic heterocycles. The van der Waals surface area contributed by atoms with Gasteiger partial charge in [0.05, 0.1) is 0 Å². The zero-order chi connectivity index (χ0) is 11.4. The molecule has 0 amide bonds. The Labute approximate surface area is 96.8 Å². The summed E-state index contributed by atoms with van der Waals surface area (Å²) in [5.41, 5.74) is 0. The van der Waals surface area contributed by atoms with Crippen molar-refractivity contribution in [2.45, 2.75) is 66.7 Å². The second-order valence-corrected chi connectivity index (χ2v) is 5.91. The minimum Gasteiger partial charge on any atom is -0.0654 e. The predicted octanol–water partition coefficient (Wildman–Crippen LogP) is 5.13. The molecule has 15 heavy (non-hydrogen) atoms. The normalized spacial score (nSPS) is 38.2. The van der Waals surface area contributed by atoms with Crippen molar-refractivity contribution in [1.29, 1.82) is 0 Å². The molecule has 1 rings (SSSR count). The van der Waals surface area contributed by atoms with Gasteiger partial charge in [-0.15, -0.1) is 0 Å². The molecule has 90 valence electrons. The first-order valence-corrected chi connectivity index (χ1v) is 7.11. The Morgan fingerprint density at radius 2 is 1.80 bits per heavy atom. The van der Waals surface area contributed by atoms with E-state index in [1.54, 1.807) is 0 Å². The van der Waals surface area contributed by atoms with E-state index in [0.29, 0.717) is 0 Å². The van der Waals surface area contributed by atoms with Gasteiger partial charge in [-0.05, 0) is 36.0 Å². The molecule has 5 unspecified atom stereocenters. The van der Waals surface area contributed by atoms with Crippen molar-refractivity contribution < 1.29 is 0 Å². The lowest BCUT2D eigenvalue weighted by Crippen LogP contribution is -2.16. The highest BCUT2D eigenvalue weighted by Gasteiger charge is 2.38. The Balaban J connectivity index is 2.51. The van der Waals surface area contributed by atoms with Gasteiger partial charge >= 0.3 is 0 Å². The molecule has 0 nitrogen and oxygen atoms in total. The molecule has 0 radical (unpaired) electrons. The standard InChI is InChI=1S/C15H30/c1-6-8-9-14-10-15(11(3)7-2)13(5)12(14)4/h11-15H,6-10H2,1-5H3. The van der Waals surface area contributed by atoms with Crippen molar-refractivity contribution in [2.75, 3.05) is 0 Å². The van der Waals surface area contributed by atoms with Gasteiger partial charge in [-0.25, -0.2) is 0 Å². The third-order valence-corrected chi connectivity index (χ3v) is 5.13. The van der Waals surface area contributed by atoms with Gasteiger partial charge in [0.1, 0.15) is 0 Å². The molecule has 0 heterocycles. The second kappa shape index (κ2) is 5.92. The second-order valence-electron chi connectivity index (χ2n) is 5.91. The predicted molar refractivity (Wildman–Crippen MR) is 68.9 cm³/mol. The summed E-state index contributed by atoms with van der Waals surface area (Å²) < 4.78 is 0. The molecule has 0 N–H and O–H groups in total. The highest BCUT2D eigenvalue weighted by atomic mass is 14.4. The lowest BCUT2D eigenvalue weighted by molar-refractivity contribution is 0.258. The molecule has 0 aromatic carbocycles. The van der Waals surface area contributed by atoms with Gasteiger partial charge in [-0.2, -0.15) is 0 Å². The maximum atomic E-state index is 2.49. The molecule has 1 saturated carbocycles. The van der Waals surface area contributed by atoms with E-state index in [0.717, 1.165) is 29.6 Å². The molecular weight excluding hydrogens is 180 g/mol. The Morgan fingerprint density at radius 1 is 1.13 bits per heavy atom. The van der Waals surface area contributed by atoms with Crippen LogP contribution in [0.3, 0.4) is 0 Å². The van der Waals surface area contributed by atoms with Gasteiger partial charge in [-0.1, -0.05) is 60.3 Å². The van der Waals surface area contributed by atoms with Crippen molar-refractivity contribution in [3.05, 3.63) is 0 Å². The maximum Gasteiger partial charge on any atom is -0.0357 e. The number of unbranched alkanes of at least 4 members (excludes halogenated alkanes) is 1. The van der Waals surface area contributed by atoms with Crippen molar-refractivity contribution in [2.24, 2.45) is 29.6 Å². The average Bonchev–Trinajstić information content (AvgIpc) is 2.53. The quantitative estimate of drug-likeness (QED) is 0.590.